The Bertz CT molecular complexity index is 875. The van der Waals surface area contributed by atoms with Crippen molar-refractivity contribution in [1.29, 1.82) is 0 Å². The van der Waals surface area contributed by atoms with E-state index in [1.807, 2.05) is 37.3 Å². The molecule has 0 saturated carbocycles. The first-order chi connectivity index (χ1) is 12.2. The number of nitrogens with one attached hydrogen (secondary N) is 1. The highest BCUT2D eigenvalue weighted by Crippen LogP contribution is 2.24. The Labute approximate surface area is 157 Å². The first-order valence-electron chi connectivity index (χ1n) is 7.99. The number of carbonyl (C=O) groups is 1. The van der Waals surface area contributed by atoms with Crippen LogP contribution in [0.3, 0.4) is 0 Å². The van der Waals surface area contributed by atoms with Gasteiger partial charge in [0.15, 0.2) is 0 Å². The first kappa shape index (κ1) is 20.2. The first-order valence-corrected chi connectivity index (χ1v) is 10.2. The van der Waals surface area contributed by atoms with E-state index in [4.69, 9.17) is 11.6 Å². The molecule has 8 heteroatoms. The number of sulfonamides is 1. The number of hydrogen-bond donors (Lipinski definition) is 1. The van der Waals surface area contributed by atoms with Gasteiger partial charge in [-0.1, -0.05) is 48.9 Å². The van der Waals surface area contributed by atoms with Crippen LogP contribution in [0.1, 0.15) is 24.9 Å². The maximum atomic E-state index is 13.3. The zero-order valence-electron chi connectivity index (χ0n) is 14.4. The number of nitrogens with zero attached hydrogens (tertiary/aromatic N) is 1. The van der Waals surface area contributed by atoms with Gasteiger partial charge >= 0.3 is 0 Å². The molecule has 0 unspecified atom stereocenters. The predicted molar refractivity (Wildman–Crippen MR) is 101 cm³/mol. The van der Waals surface area contributed by atoms with E-state index in [2.05, 4.69) is 5.32 Å². The molecule has 0 radical (unpaired) electrons. The van der Waals surface area contributed by atoms with E-state index in [1.165, 1.54) is 12.1 Å². The summed E-state index contributed by atoms with van der Waals surface area (Å²) in [6.07, 6.45) is 1.63. The van der Waals surface area contributed by atoms with Gasteiger partial charge in [-0.3, -0.25) is 9.10 Å². The summed E-state index contributed by atoms with van der Waals surface area (Å²) < 4.78 is 38.4. The molecule has 0 aliphatic rings. The third-order valence-corrected chi connectivity index (χ3v) is 5.25. The van der Waals surface area contributed by atoms with Gasteiger partial charge in [0, 0.05) is 0 Å². The van der Waals surface area contributed by atoms with Gasteiger partial charge in [0.05, 0.1) is 23.0 Å². The van der Waals surface area contributed by atoms with Crippen molar-refractivity contribution in [2.24, 2.45) is 0 Å². The normalized spacial score (nSPS) is 12.5. The number of carbonyl (C=O) groups excluding carboxylic acids is 1. The Morgan fingerprint density at radius 3 is 2.42 bits per heavy atom. The molecule has 0 fully saturated rings. The third-order valence-electron chi connectivity index (χ3n) is 3.82. The number of halogens is 2. The van der Waals surface area contributed by atoms with Gasteiger partial charge in [-0.05, 0) is 30.2 Å². The molecule has 2 aromatic carbocycles. The molecular formula is C18H20ClFN2O3S. The van der Waals surface area contributed by atoms with Crippen molar-refractivity contribution in [3.8, 4) is 0 Å². The Morgan fingerprint density at radius 2 is 1.88 bits per heavy atom. The van der Waals surface area contributed by atoms with E-state index in [1.54, 1.807) is 0 Å². The fourth-order valence-corrected chi connectivity index (χ4v) is 3.54. The van der Waals surface area contributed by atoms with Crippen LogP contribution < -0.4 is 9.62 Å². The quantitative estimate of drug-likeness (QED) is 0.776. The molecule has 0 aromatic heterocycles. The molecular weight excluding hydrogens is 379 g/mol. The number of amides is 1. The van der Waals surface area contributed by atoms with Crippen molar-refractivity contribution in [3.05, 3.63) is 64.9 Å². The zero-order valence-corrected chi connectivity index (χ0v) is 16.0. The van der Waals surface area contributed by atoms with Gasteiger partial charge < -0.3 is 5.32 Å². The Hall–Kier alpha value is -2.12. The summed E-state index contributed by atoms with van der Waals surface area (Å²) in [7, 11) is -3.76. The molecule has 1 amide bonds. The van der Waals surface area contributed by atoms with Crippen LogP contribution >= 0.6 is 11.6 Å². The Morgan fingerprint density at radius 1 is 1.23 bits per heavy atom. The molecule has 1 N–H and O–H groups in total. The minimum Gasteiger partial charge on any atom is -0.348 e. The fraction of sp³-hybridized carbons (Fsp3) is 0.278. The molecule has 2 rings (SSSR count). The zero-order chi connectivity index (χ0) is 19.3. The number of rotatable bonds is 7. The maximum absolute atomic E-state index is 13.3. The van der Waals surface area contributed by atoms with Crippen LogP contribution in [0.15, 0.2) is 48.5 Å². The largest absolute Gasteiger partial charge is 0.348 e. The molecule has 26 heavy (non-hydrogen) atoms. The average molecular weight is 399 g/mol. The number of hydrogen-bond acceptors (Lipinski definition) is 3. The van der Waals surface area contributed by atoms with E-state index in [-0.39, 0.29) is 16.8 Å². The van der Waals surface area contributed by atoms with Crippen molar-refractivity contribution < 1.29 is 17.6 Å². The van der Waals surface area contributed by atoms with Crippen LogP contribution in [-0.2, 0) is 14.8 Å². The monoisotopic (exact) mass is 398 g/mol. The summed E-state index contributed by atoms with van der Waals surface area (Å²) in [5.74, 6) is -1.13. The summed E-state index contributed by atoms with van der Waals surface area (Å²) in [5.41, 5.74) is 1.06. The molecule has 140 valence electrons. The third kappa shape index (κ3) is 5.19. The molecule has 0 saturated heterocycles. The number of anilines is 1. The van der Waals surface area contributed by atoms with Gasteiger partial charge in [0.1, 0.15) is 12.4 Å². The summed E-state index contributed by atoms with van der Waals surface area (Å²) in [6.45, 7) is 1.50. The van der Waals surface area contributed by atoms with Crippen molar-refractivity contribution >= 4 is 33.2 Å². The van der Waals surface area contributed by atoms with Gasteiger partial charge in [-0.2, -0.15) is 0 Å². The van der Waals surface area contributed by atoms with Crippen LogP contribution in [0.25, 0.3) is 0 Å². The van der Waals surface area contributed by atoms with Crippen LogP contribution in [0, 0.1) is 5.82 Å². The van der Waals surface area contributed by atoms with Crippen molar-refractivity contribution in [3.63, 3.8) is 0 Å². The molecule has 1 atom stereocenters. The lowest BCUT2D eigenvalue weighted by atomic mass is 10.0. The van der Waals surface area contributed by atoms with Gasteiger partial charge in [-0.25, -0.2) is 12.8 Å². The highest BCUT2D eigenvalue weighted by molar-refractivity contribution is 7.92. The number of benzene rings is 2. The van der Waals surface area contributed by atoms with Crippen LogP contribution in [0.5, 0.6) is 0 Å². The van der Waals surface area contributed by atoms with E-state index >= 15 is 0 Å². The van der Waals surface area contributed by atoms with Gasteiger partial charge in [0.25, 0.3) is 0 Å². The Kier molecular flexibility index (Phi) is 6.61. The minimum absolute atomic E-state index is 0.127. The van der Waals surface area contributed by atoms with E-state index in [0.717, 1.165) is 22.2 Å². The second-order valence-electron chi connectivity index (χ2n) is 5.81. The molecule has 0 aliphatic heterocycles. The van der Waals surface area contributed by atoms with Crippen LogP contribution in [0.4, 0.5) is 10.1 Å². The summed E-state index contributed by atoms with van der Waals surface area (Å²) in [4.78, 5) is 12.4. The predicted octanol–water partition coefficient (Wildman–Crippen LogP) is 3.51. The maximum Gasteiger partial charge on any atom is 0.241 e. The molecule has 0 aliphatic carbocycles. The van der Waals surface area contributed by atoms with E-state index in [0.29, 0.717) is 6.42 Å². The topological polar surface area (TPSA) is 66.5 Å². The van der Waals surface area contributed by atoms with Gasteiger partial charge in [0.2, 0.25) is 15.9 Å². The van der Waals surface area contributed by atoms with Crippen molar-refractivity contribution in [2.45, 2.75) is 19.4 Å². The lowest BCUT2D eigenvalue weighted by molar-refractivity contribution is -0.120. The highest BCUT2D eigenvalue weighted by Gasteiger charge is 2.23. The van der Waals surface area contributed by atoms with Crippen LogP contribution in [0.2, 0.25) is 5.02 Å². The van der Waals surface area contributed by atoms with Crippen molar-refractivity contribution in [2.75, 3.05) is 17.1 Å². The SMILES string of the molecule is CC[C@@H](NC(=O)CN(c1ccc(F)c(Cl)c1)S(C)(=O)=O)c1ccccc1. The molecule has 0 spiro atoms. The van der Waals surface area contributed by atoms with Crippen molar-refractivity contribution in [1.82, 2.24) is 5.32 Å². The summed E-state index contributed by atoms with van der Waals surface area (Å²) in [6, 6.07) is 12.7. The summed E-state index contributed by atoms with van der Waals surface area (Å²) >= 11 is 5.73. The highest BCUT2D eigenvalue weighted by atomic mass is 35.5. The lowest BCUT2D eigenvalue weighted by Crippen LogP contribution is -2.41. The van der Waals surface area contributed by atoms with E-state index < -0.39 is 28.3 Å². The summed E-state index contributed by atoms with van der Waals surface area (Å²) in [5, 5.41) is 2.61. The standard InChI is InChI=1S/C18H20ClFN2O3S/c1-3-17(13-7-5-4-6-8-13)21-18(23)12-22(26(2,24)25)14-9-10-16(20)15(19)11-14/h4-11,17H,3,12H2,1-2H3,(H,21,23)/t17-/m1/s1. The second kappa shape index (κ2) is 8.51. The lowest BCUT2D eigenvalue weighted by Gasteiger charge is -2.24. The molecule has 2 aromatic rings. The van der Waals surface area contributed by atoms with Crippen LogP contribution in [-0.4, -0.2) is 27.1 Å². The fourth-order valence-electron chi connectivity index (χ4n) is 2.52. The second-order valence-corrected chi connectivity index (χ2v) is 8.12. The smallest absolute Gasteiger partial charge is 0.241 e. The van der Waals surface area contributed by atoms with E-state index in [9.17, 15) is 17.6 Å². The minimum atomic E-state index is -3.76. The molecule has 0 bridgehead atoms. The average Bonchev–Trinajstić information content (AvgIpc) is 2.60. The Balaban J connectivity index is 2.20. The van der Waals surface area contributed by atoms with Gasteiger partial charge in [-0.15, -0.1) is 0 Å². The molecule has 5 nitrogen and oxygen atoms in total. The molecule has 0 heterocycles.